The van der Waals surface area contributed by atoms with Crippen LogP contribution in [0, 0.1) is 11.8 Å². The van der Waals surface area contributed by atoms with E-state index in [1.54, 1.807) is 5.56 Å². The van der Waals surface area contributed by atoms with Crippen molar-refractivity contribution in [2.45, 2.75) is 12.3 Å². The van der Waals surface area contributed by atoms with E-state index in [0.717, 1.165) is 11.8 Å². The fraction of sp³-hybridized carbons (Fsp3) is 0.412. The second-order valence-corrected chi connectivity index (χ2v) is 6.16. The second kappa shape index (κ2) is 3.36. The van der Waals surface area contributed by atoms with Crippen LogP contribution in [-0.2, 0) is 5.41 Å². The fourth-order valence-electron chi connectivity index (χ4n) is 4.32. The van der Waals surface area contributed by atoms with Crippen molar-refractivity contribution in [3.8, 4) is 0 Å². The van der Waals surface area contributed by atoms with Crippen molar-refractivity contribution in [2.24, 2.45) is 11.8 Å². The van der Waals surface area contributed by atoms with Crippen LogP contribution < -0.4 is 0 Å². The number of nitrogens with zero attached hydrogens (tertiary/aromatic N) is 1. The molecule has 3 atom stereocenters. The first kappa shape index (κ1) is 10.6. The molecule has 1 saturated carbocycles. The average Bonchev–Trinajstić information content (AvgIpc) is 2.79. The highest BCUT2D eigenvalue weighted by Crippen LogP contribution is 2.64. The van der Waals surface area contributed by atoms with E-state index < -0.39 is 0 Å². The molecule has 2 aromatic rings. The van der Waals surface area contributed by atoms with E-state index in [-0.39, 0.29) is 0 Å². The van der Waals surface area contributed by atoms with Crippen LogP contribution in [-0.4, -0.2) is 25.0 Å². The van der Waals surface area contributed by atoms with Gasteiger partial charge in [0, 0.05) is 18.5 Å². The number of benzene rings is 2. The van der Waals surface area contributed by atoms with Crippen molar-refractivity contribution in [1.82, 2.24) is 4.90 Å². The van der Waals surface area contributed by atoms with E-state index in [1.165, 1.54) is 23.9 Å². The molecule has 1 saturated heterocycles. The van der Waals surface area contributed by atoms with Crippen molar-refractivity contribution >= 4 is 10.8 Å². The van der Waals surface area contributed by atoms with Crippen LogP contribution in [0.5, 0.6) is 0 Å². The van der Waals surface area contributed by atoms with Crippen molar-refractivity contribution in [3.63, 3.8) is 0 Å². The summed E-state index contributed by atoms with van der Waals surface area (Å²) in [6.07, 6.45) is 0. The Morgan fingerprint density at radius 2 is 1.89 bits per heavy atom. The lowest BCUT2D eigenvalue weighted by Crippen LogP contribution is -2.25. The molecule has 2 aromatic carbocycles. The minimum atomic E-state index is 0.440. The highest BCUT2D eigenvalue weighted by atomic mass is 15.2. The van der Waals surface area contributed by atoms with Gasteiger partial charge in [0.25, 0.3) is 0 Å². The highest BCUT2D eigenvalue weighted by molar-refractivity contribution is 5.87. The molecule has 2 aliphatic rings. The number of piperidine rings is 1. The summed E-state index contributed by atoms with van der Waals surface area (Å²) in [5, 5.41) is 2.85. The molecule has 0 aromatic heterocycles. The van der Waals surface area contributed by atoms with E-state index in [0.29, 0.717) is 5.41 Å². The molecule has 0 radical (unpaired) electrons. The summed E-state index contributed by atoms with van der Waals surface area (Å²) in [5.74, 6) is 1.72. The third kappa shape index (κ3) is 1.16. The lowest BCUT2D eigenvalue weighted by atomic mass is 9.88. The zero-order valence-corrected chi connectivity index (χ0v) is 11.1. The van der Waals surface area contributed by atoms with Crippen molar-refractivity contribution < 1.29 is 0 Å². The molecule has 92 valence electrons. The Morgan fingerprint density at radius 3 is 2.72 bits per heavy atom. The van der Waals surface area contributed by atoms with Crippen LogP contribution in [0.1, 0.15) is 12.5 Å². The highest BCUT2D eigenvalue weighted by Gasteiger charge is 2.66. The van der Waals surface area contributed by atoms with Gasteiger partial charge in [-0.15, -0.1) is 0 Å². The number of fused-ring (bicyclic) bond motifs is 2. The minimum absolute atomic E-state index is 0.440. The smallest absolute Gasteiger partial charge is 0.0158 e. The quantitative estimate of drug-likeness (QED) is 0.735. The molecule has 1 nitrogen and oxygen atoms in total. The van der Waals surface area contributed by atoms with Gasteiger partial charge in [0.1, 0.15) is 0 Å². The molecular weight excluding hydrogens is 218 g/mol. The van der Waals surface area contributed by atoms with Gasteiger partial charge in [0.05, 0.1) is 0 Å². The molecule has 1 heteroatoms. The Morgan fingerprint density at radius 1 is 1.11 bits per heavy atom. The Hall–Kier alpha value is -1.34. The van der Waals surface area contributed by atoms with Gasteiger partial charge < -0.3 is 4.90 Å². The third-order valence-corrected chi connectivity index (χ3v) is 5.30. The Kier molecular flexibility index (Phi) is 1.97. The van der Waals surface area contributed by atoms with Crippen molar-refractivity contribution in [2.75, 3.05) is 20.1 Å². The van der Waals surface area contributed by atoms with E-state index in [4.69, 9.17) is 0 Å². The largest absolute Gasteiger partial charge is 0.305 e. The van der Waals surface area contributed by atoms with Crippen LogP contribution in [0.25, 0.3) is 10.8 Å². The molecule has 0 spiro atoms. The third-order valence-electron chi connectivity index (χ3n) is 5.30. The summed E-state index contributed by atoms with van der Waals surface area (Å²) in [5.41, 5.74) is 2.03. The van der Waals surface area contributed by atoms with Gasteiger partial charge in [0.15, 0.2) is 0 Å². The number of likely N-dealkylation sites (tertiary alicyclic amines) is 1. The molecule has 2 unspecified atom stereocenters. The second-order valence-electron chi connectivity index (χ2n) is 6.16. The van der Waals surface area contributed by atoms with Crippen molar-refractivity contribution in [1.29, 1.82) is 0 Å². The van der Waals surface area contributed by atoms with Gasteiger partial charge >= 0.3 is 0 Å². The number of likely N-dealkylation sites (N-methyl/N-ethyl adjacent to an activating group) is 1. The summed E-state index contributed by atoms with van der Waals surface area (Å²) in [7, 11) is 2.26. The molecule has 4 rings (SSSR count). The summed E-state index contributed by atoms with van der Waals surface area (Å²) in [6, 6.07) is 15.7. The van der Waals surface area contributed by atoms with Crippen LogP contribution >= 0.6 is 0 Å². The molecular formula is C17H19N. The van der Waals surface area contributed by atoms with E-state index in [9.17, 15) is 0 Å². The summed E-state index contributed by atoms with van der Waals surface area (Å²) < 4.78 is 0. The first-order chi connectivity index (χ1) is 8.73. The lowest BCUT2D eigenvalue weighted by Gasteiger charge is -2.20. The molecule has 18 heavy (non-hydrogen) atoms. The molecule has 0 amide bonds. The fourth-order valence-corrected chi connectivity index (χ4v) is 4.32. The van der Waals surface area contributed by atoms with Gasteiger partial charge in [-0.05, 0) is 35.2 Å². The van der Waals surface area contributed by atoms with E-state index in [1.807, 2.05) is 0 Å². The maximum atomic E-state index is 2.49. The first-order valence-corrected chi connectivity index (χ1v) is 6.90. The number of hydrogen-bond acceptors (Lipinski definition) is 1. The summed E-state index contributed by atoms with van der Waals surface area (Å²) in [4.78, 5) is 2.49. The average molecular weight is 237 g/mol. The molecule has 0 bridgehead atoms. The van der Waals surface area contributed by atoms with Crippen molar-refractivity contribution in [3.05, 3.63) is 48.0 Å². The standard InChI is InChI=1S/C17H19N/c1-12-16-10-18(2)11-17(12,16)15-9-5-7-13-6-3-4-8-14(13)15/h3-9,12,16H,10-11H2,1-2H3/t12-,16?,17?/m1/s1. The van der Waals surface area contributed by atoms with Gasteiger partial charge in [-0.3, -0.25) is 0 Å². The normalized spacial score (nSPS) is 34.8. The maximum Gasteiger partial charge on any atom is 0.0158 e. The van der Waals surface area contributed by atoms with E-state index >= 15 is 0 Å². The predicted molar refractivity (Wildman–Crippen MR) is 75.8 cm³/mol. The van der Waals surface area contributed by atoms with E-state index in [2.05, 4.69) is 61.3 Å². The molecule has 0 N–H and O–H groups in total. The summed E-state index contributed by atoms with van der Waals surface area (Å²) in [6.45, 7) is 4.93. The Labute approximate surface area is 108 Å². The first-order valence-electron chi connectivity index (χ1n) is 6.90. The number of hydrogen-bond donors (Lipinski definition) is 0. The topological polar surface area (TPSA) is 3.24 Å². The van der Waals surface area contributed by atoms with Crippen LogP contribution in [0.15, 0.2) is 42.5 Å². The number of rotatable bonds is 1. The zero-order chi connectivity index (χ0) is 12.3. The summed E-state index contributed by atoms with van der Waals surface area (Å²) >= 11 is 0. The predicted octanol–water partition coefficient (Wildman–Crippen LogP) is 3.29. The van der Waals surface area contributed by atoms with Gasteiger partial charge in [0.2, 0.25) is 0 Å². The zero-order valence-electron chi connectivity index (χ0n) is 11.1. The van der Waals surface area contributed by atoms with Gasteiger partial charge in [-0.2, -0.15) is 0 Å². The SMILES string of the molecule is C[C@@H]1C2CN(C)CC21c1cccc2ccccc12. The Bertz CT molecular complexity index is 613. The Balaban J connectivity index is 1.94. The monoisotopic (exact) mass is 237 g/mol. The molecule has 2 fully saturated rings. The van der Waals surface area contributed by atoms with Crippen LogP contribution in [0.3, 0.4) is 0 Å². The van der Waals surface area contributed by atoms with Crippen LogP contribution in [0.4, 0.5) is 0 Å². The van der Waals surface area contributed by atoms with Gasteiger partial charge in [-0.25, -0.2) is 0 Å². The van der Waals surface area contributed by atoms with Crippen LogP contribution in [0.2, 0.25) is 0 Å². The molecule has 1 heterocycles. The molecule has 1 aliphatic heterocycles. The maximum absolute atomic E-state index is 2.49. The lowest BCUT2D eigenvalue weighted by molar-refractivity contribution is 0.339. The van der Waals surface area contributed by atoms with Gasteiger partial charge in [-0.1, -0.05) is 49.4 Å². The minimum Gasteiger partial charge on any atom is -0.305 e. The molecule has 1 aliphatic carbocycles.